The molecule has 0 unspecified atom stereocenters. The number of likely N-dealkylation sites (N-methyl/N-ethyl adjacent to an activating group) is 1. The number of carbonyl (C=O) groups excluding carboxylic acids is 1. The molecule has 2 heterocycles. The topological polar surface area (TPSA) is 35.6 Å². The summed E-state index contributed by atoms with van der Waals surface area (Å²) in [5.41, 5.74) is 0.113. The Bertz CT molecular complexity index is 297. The molecule has 18 heavy (non-hydrogen) atoms. The predicted octanol–water partition coefficient (Wildman–Crippen LogP) is 0.929. The van der Waals surface area contributed by atoms with Crippen LogP contribution in [0.4, 0.5) is 0 Å². The molecule has 0 saturated carbocycles. The number of amides is 1. The van der Waals surface area contributed by atoms with Gasteiger partial charge >= 0.3 is 0 Å². The number of hydrogen-bond donors (Lipinski definition) is 1. The second-order valence-corrected chi connectivity index (χ2v) is 6.45. The molecule has 1 N–H and O–H groups in total. The zero-order valence-corrected chi connectivity index (χ0v) is 12.0. The number of carbonyl (C=O) groups is 1. The Labute approximate surface area is 111 Å². The van der Waals surface area contributed by atoms with E-state index in [1.165, 1.54) is 0 Å². The quantitative estimate of drug-likeness (QED) is 0.795. The van der Waals surface area contributed by atoms with Crippen molar-refractivity contribution in [3.05, 3.63) is 0 Å². The highest BCUT2D eigenvalue weighted by atomic mass is 16.2. The van der Waals surface area contributed by atoms with Crippen LogP contribution >= 0.6 is 0 Å². The Hall–Kier alpha value is -0.610. The molecule has 104 valence electrons. The lowest BCUT2D eigenvalue weighted by Crippen LogP contribution is -2.59. The minimum atomic E-state index is 0.113. The van der Waals surface area contributed by atoms with E-state index in [1.807, 2.05) is 0 Å². The third-order valence-electron chi connectivity index (χ3n) is 4.59. The van der Waals surface area contributed by atoms with Crippen molar-refractivity contribution in [3.63, 3.8) is 0 Å². The van der Waals surface area contributed by atoms with Gasteiger partial charge in [0.15, 0.2) is 0 Å². The molecule has 0 aliphatic carbocycles. The number of rotatable bonds is 2. The normalized spacial score (nSPS) is 26.3. The van der Waals surface area contributed by atoms with Gasteiger partial charge in [-0.1, -0.05) is 0 Å². The SMILES string of the molecule is CN1CCN(C(=O)CC2CCNCC2)CC1(C)C. The summed E-state index contributed by atoms with van der Waals surface area (Å²) in [6.45, 7) is 9.34. The summed E-state index contributed by atoms with van der Waals surface area (Å²) in [6.07, 6.45) is 3.06. The van der Waals surface area contributed by atoms with Crippen LogP contribution in [-0.4, -0.2) is 61.0 Å². The molecule has 0 aromatic rings. The molecule has 0 aromatic heterocycles. The molecule has 2 fully saturated rings. The fourth-order valence-electron chi connectivity index (χ4n) is 2.91. The van der Waals surface area contributed by atoms with Crippen molar-refractivity contribution in [1.29, 1.82) is 0 Å². The van der Waals surface area contributed by atoms with Crippen LogP contribution in [-0.2, 0) is 4.79 Å². The molecular formula is C14H27N3O. The average molecular weight is 253 g/mol. The lowest BCUT2D eigenvalue weighted by molar-refractivity contribution is -0.136. The highest BCUT2D eigenvalue weighted by molar-refractivity contribution is 5.76. The van der Waals surface area contributed by atoms with Crippen LogP contribution in [0.3, 0.4) is 0 Å². The van der Waals surface area contributed by atoms with Crippen LogP contribution < -0.4 is 5.32 Å². The number of piperazine rings is 1. The lowest BCUT2D eigenvalue weighted by Gasteiger charge is -2.45. The lowest BCUT2D eigenvalue weighted by atomic mass is 9.93. The maximum Gasteiger partial charge on any atom is 0.222 e. The minimum Gasteiger partial charge on any atom is -0.340 e. The van der Waals surface area contributed by atoms with E-state index in [0.29, 0.717) is 11.8 Å². The van der Waals surface area contributed by atoms with E-state index in [1.54, 1.807) is 0 Å². The van der Waals surface area contributed by atoms with E-state index in [-0.39, 0.29) is 5.54 Å². The first-order chi connectivity index (χ1) is 8.49. The van der Waals surface area contributed by atoms with Gasteiger partial charge < -0.3 is 10.2 Å². The third-order valence-corrected chi connectivity index (χ3v) is 4.59. The van der Waals surface area contributed by atoms with Crippen molar-refractivity contribution in [2.24, 2.45) is 5.92 Å². The number of piperidine rings is 1. The maximum absolute atomic E-state index is 12.3. The van der Waals surface area contributed by atoms with E-state index >= 15 is 0 Å². The highest BCUT2D eigenvalue weighted by Gasteiger charge is 2.33. The van der Waals surface area contributed by atoms with Gasteiger partial charge in [-0.15, -0.1) is 0 Å². The van der Waals surface area contributed by atoms with Gasteiger partial charge in [0.05, 0.1) is 0 Å². The van der Waals surface area contributed by atoms with E-state index in [2.05, 4.69) is 36.0 Å². The Morgan fingerprint density at radius 3 is 2.56 bits per heavy atom. The van der Waals surface area contributed by atoms with Gasteiger partial charge in [-0.2, -0.15) is 0 Å². The van der Waals surface area contributed by atoms with Crippen molar-refractivity contribution < 1.29 is 4.79 Å². The molecule has 1 amide bonds. The van der Waals surface area contributed by atoms with Gasteiger partial charge in [0.25, 0.3) is 0 Å². The van der Waals surface area contributed by atoms with Crippen LogP contribution in [0, 0.1) is 5.92 Å². The molecular weight excluding hydrogens is 226 g/mol. The van der Waals surface area contributed by atoms with Gasteiger partial charge in [0, 0.05) is 31.6 Å². The van der Waals surface area contributed by atoms with Crippen molar-refractivity contribution in [2.75, 3.05) is 39.8 Å². The van der Waals surface area contributed by atoms with Crippen LogP contribution in [0.15, 0.2) is 0 Å². The fourth-order valence-corrected chi connectivity index (χ4v) is 2.91. The van der Waals surface area contributed by atoms with Crippen molar-refractivity contribution in [3.8, 4) is 0 Å². The largest absolute Gasteiger partial charge is 0.340 e. The standard InChI is InChI=1S/C14H27N3O/c1-14(2)11-17(9-8-16(14)3)13(18)10-12-4-6-15-7-5-12/h12,15H,4-11H2,1-3H3. The smallest absolute Gasteiger partial charge is 0.222 e. The predicted molar refractivity (Wildman–Crippen MR) is 73.5 cm³/mol. The number of hydrogen-bond acceptors (Lipinski definition) is 3. The molecule has 4 heteroatoms. The molecule has 0 atom stereocenters. The summed E-state index contributed by atoms with van der Waals surface area (Å²) in [4.78, 5) is 16.8. The molecule has 2 aliphatic heterocycles. The summed E-state index contributed by atoms with van der Waals surface area (Å²) in [6, 6.07) is 0. The average Bonchev–Trinajstić information content (AvgIpc) is 2.34. The summed E-state index contributed by atoms with van der Waals surface area (Å²) in [5, 5.41) is 3.35. The first kappa shape index (κ1) is 13.8. The van der Waals surface area contributed by atoms with Crippen molar-refractivity contribution in [1.82, 2.24) is 15.1 Å². The number of nitrogens with one attached hydrogen (secondary N) is 1. The van der Waals surface area contributed by atoms with Crippen LogP contribution in [0.5, 0.6) is 0 Å². The Morgan fingerprint density at radius 1 is 1.28 bits per heavy atom. The monoisotopic (exact) mass is 253 g/mol. The van der Waals surface area contributed by atoms with Gasteiger partial charge in [0.2, 0.25) is 5.91 Å². The second kappa shape index (κ2) is 5.57. The summed E-state index contributed by atoms with van der Waals surface area (Å²) >= 11 is 0. The number of nitrogens with zero attached hydrogens (tertiary/aromatic N) is 2. The molecule has 2 saturated heterocycles. The summed E-state index contributed by atoms with van der Waals surface area (Å²) < 4.78 is 0. The van der Waals surface area contributed by atoms with Crippen LogP contribution in [0.1, 0.15) is 33.1 Å². The summed E-state index contributed by atoms with van der Waals surface area (Å²) in [7, 11) is 2.15. The van der Waals surface area contributed by atoms with Gasteiger partial charge in [-0.05, 0) is 52.7 Å². The first-order valence-electron chi connectivity index (χ1n) is 7.19. The zero-order valence-electron chi connectivity index (χ0n) is 12.0. The molecule has 2 aliphatic rings. The van der Waals surface area contributed by atoms with Crippen LogP contribution in [0.2, 0.25) is 0 Å². The molecule has 0 radical (unpaired) electrons. The first-order valence-corrected chi connectivity index (χ1v) is 7.19. The van der Waals surface area contributed by atoms with Gasteiger partial charge in [0.1, 0.15) is 0 Å². The van der Waals surface area contributed by atoms with Crippen LogP contribution in [0.25, 0.3) is 0 Å². The Morgan fingerprint density at radius 2 is 1.94 bits per heavy atom. The Kier molecular flexibility index (Phi) is 4.28. The van der Waals surface area contributed by atoms with E-state index in [4.69, 9.17) is 0 Å². The maximum atomic E-state index is 12.3. The summed E-state index contributed by atoms with van der Waals surface area (Å²) in [5.74, 6) is 0.963. The van der Waals surface area contributed by atoms with E-state index in [9.17, 15) is 4.79 Å². The van der Waals surface area contributed by atoms with Crippen molar-refractivity contribution >= 4 is 5.91 Å². The zero-order chi connectivity index (χ0) is 13.2. The van der Waals surface area contributed by atoms with E-state index < -0.39 is 0 Å². The molecule has 2 rings (SSSR count). The Balaban J connectivity index is 1.85. The molecule has 0 bridgehead atoms. The second-order valence-electron chi connectivity index (χ2n) is 6.45. The molecule has 0 aromatic carbocycles. The minimum absolute atomic E-state index is 0.113. The fraction of sp³-hybridized carbons (Fsp3) is 0.929. The molecule has 4 nitrogen and oxygen atoms in total. The van der Waals surface area contributed by atoms with E-state index in [0.717, 1.165) is 52.0 Å². The highest BCUT2D eigenvalue weighted by Crippen LogP contribution is 2.22. The van der Waals surface area contributed by atoms with Gasteiger partial charge in [-0.25, -0.2) is 0 Å². The molecule has 0 spiro atoms. The third kappa shape index (κ3) is 3.23. The van der Waals surface area contributed by atoms with Gasteiger partial charge in [-0.3, -0.25) is 9.69 Å². The van der Waals surface area contributed by atoms with Crippen molar-refractivity contribution in [2.45, 2.75) is 38.6 Å².